The van der Waals surface area contributed by atoms with Crippen LogP contribution >= 0.6 is 11.6 Å². The second kappa shape index (κ2) is 5.79. The van der Waals surface area contributed by atoms with E-state index in [9.17, 15) is 8.42 Å². The first kappa shape index (κ1) is 14.8. The van der Waals surface area contributed by atoms with Crippen molar-refractivity contribution in [3.63, 3.8) is 0 Å². The Morgan fingerprint density at radius 1 is 1.37 bits per heavy atom. The molecule has 0 aliphatic heterocycles. The molecule has 2 N–H and O–H groups in total. The van der Waals surface area contributed by atoms with Crippen LogP contribution in [0, 0.1) is 5.92 Å². The molecule has 0 atom stereocenters. The Labute approximate surface area is 119 Å². The zero-order chi connectivity index (χ0) is 14.0. The summed E-state index contributed by atoms with van der Waals surface area (Å²) in [6, 6.07) is 4.88. The fourth-order valence-corrected chi connectivity index (χ4v) is 3.83. The van der Waals surface area contributed by atoms with Crippen molar-refractivity contribution in [3.05, 3.63) is 28.8 Å². The maximum atomic E-state index is 12.2. The van der Waals surface area contributed by atoms with E-state index in [1.807, 2.05) is 0 Å². The van der Waals surface area contributed by atoms with E-state index in [0.717, 1.165) is 18.4 Å². The number of benzene rings is 1. The Morgan fingerprint density at radius 2 is 2.05 bits per heavy atom. The summed E-state index contributed by atoms with van der Waals surface area (Å²) in [5, 5.41) is 3.55. The molecule has 4 nitrogen and oxygen atoms in total. The van der Waals surface area contributed by atoms with Gasteiger partial charge in [0, 0.05) is 17.6 Å². The second-order valence-corrected chi connectivity index (χ2v) is 7.30. The van der Waals surface area contributed by atoms with Gasteiger partial charge in [-0.3, -0.25) is 0 Å². The molecular formula is C13H19ClN2O2S. The van der Waals surface area contributed by atoms with Crippen molar-refractivity contribution >= 4 is 21.6 Å². The lowest BCUT2D eigenvalue weighted by Gasteiger charge is -2.32. The molecule has 1 aliphatic rings. The van der Waals surface area contributed by atoms with Crippen LogP contribution in [0.3, 0.4) is 0 Å². The Bertz CT molecular complexity index is 554. The third-order valence-corrected chi connectivity index (χ3v) is 5.28. The van der Waals surface area contributed by atoms with Gasteiger partial charge < -0.3 is 5.32 Å². The molecule has 0 spiro atoms. The van der Waals surface area contributed by atoms with Gasteiger partial charge in [0.1, 0.15) is 0 Å². The summed E-state index contributed by atoms with van der Waals surface area (Å²) in [4.78, 5) is 0.279. The third-order valence-electron chi connectivity index (χ3n) is 3.39. The van der Waals surface area contributed by atoms with Crippen LogP contribution in [0.25, 0.3) is 0 Å². The number of nitrogens with one attached hydrogen (secondary N) is 2. The highest BCUT2D eigenvalue weighted by molar-refractivity contribution is 7.89. The first-order chi connectivity index (χ1) is 8.92. The molecule has 106 valence electrons. The van der Waals surface area contributed by atoms with Gasteiger partial charge in [-0.1, -0.05) is 18.5 Å². The van der Waals surface area contributed by atoms with Crippen molar-refractivity contribution in [1.82, 2.24) is 10.0 Å². The van der Waals surface area contributed by atoms with Crippen molar-refractivity contribution in [2.75, 3.05) is 7.05 Å². The van der Waals surface area contributed by atoms with Crippen LogP contribution < -0.4 is 10.0 Å². The van der Waals surface area contributed by atoms with Crippen LogP contribution in [0.5, 0.6) is 0 Å². The van der Waals surface area contributed by atoms with E-state index >= 15 is 0 Å². The van der Waals surface area contributed by atoms with Gasteiger partial charge in [-0.25, -0.2) is 13.1 Å². The SMILES string of the molecule is CNCc1cc(S(=O)(=O)NC2CC(C)C2)ccc1Cl. The zero-order valence-electron chi connectivity index (χ0n) is 11.1. The Hall–Kier alpha value is -0.620. The van der Waals surface area contributed by atoms with Crippen molar-refractivity contribution in [3.8, 4) is 0 Å². The smallest absolute Gasteiger partial charge is 0.240 e. The Balaban J connectivity index is 2.17. The molecule has 0 bridgehead atoms. The standard InChI is InChI=1S/C13H19ClN2O2S/c1-9-5-11(6-9)16-19(17,18)12-3-4-13(14)10(7-12)8-15-2/h3-4,7,9,11,15-16H,5-6,8H2,1-2H3. The van der Waals surface area contributed by atoms with E-state index in [1.165, 1.54) is 0 Å². The maximum absolute atomic E-state index is 12.2. The van der Waals surface area contributed by atoms with Gasteiger partial charge in [-0.05, 0) is 49.6 Å². The Kier molecular flexibility index (Phi) is 4.50. The van der Waals surface area contributed by atoms with E-state index in [1.54, 1.807) is 25.2 Å². The predicted octanol–water partition coefficient (Wildman–Crippen LogP) is 2.14. The summed E-state index contributed by atoms with van der Waals surface area (Å²) in [6.07, 6.45) is 1.83. The minimum atomic E-state index is -3.44. The lowest BCUT2D eigenvalue weighted by molar-refractivity contribution is 0.270. The summed E-state index contributed by atoms with van der Waals surface area (Å²) in [5.41, 5.74) is 0.786. The number of rotatable bonds is 5. The molecule has 1 aromatic carbocycles. The molecule has 1 fully saturated rings. The van der Waals surface area contributed by atoms with E-state index in [2.05, 4.69) is 17.0 Å². The largest absolute Gasteiger partial charge is 0.316 e. The fraction of sp³-hybridized carbons (Fsp3) is 0.538. The van der Waals surface area contributed by atoms with Crippen LogP contribution in [0.4, 0.5) is 0 Å². The predicted molar refractivity (Wildman–Crippen MR) is 76.7 cm³/mol. The first-order valence-electron chi connectivity index (χ1n) is 6.37. The minimum absolute atomic E-state index is 0.0726. The fourth-order valence-electron chi connectivity index (χ4n) is 2.33. The molecule has 1 aliphatic carbocycles. The molecule has 0 aromatic heterocycles. The lowest BCUT2D eigenvalue weighted by atomic mass is 9.83. The highest BCUT2D eigenvalue weighted by Crippen LogP contribution is 2.28. The van der Waals surface area contributed by atoms with Gasteiger partial charge in [-0.2, -0.15) is 0 Å². The summed E-state index contributed by atoms with van der Waals surface area (Å²) in [5.74, 6) is 0.609. The zero-order valence-corrected chi connectivity index (χ0v) is 12.7. The van der Waals surface area contributed by atoms with Crippen LogP contribution in [0.15, 0.2) is 23.1 Å². The molecule has 0 heterocycles. The van der Waals surface area contributed by atoms with Crippen LogP contribution in [0.2, 0.25) is 5.02 Å². The van der Waals surface area contributed by atoms with E-state index in [0.29, 0.717) is 17.5 Å². The number of hydrogen-bond acceptors (Lipinski definition) is 3. The third kappa shape index (κ3) is 3.48. The highest BCUT2D eigenvalue weighted by atomic mass is 35.5. The van der Waals surface area contributed by atoms with E-state index in [4.69, 9.17) is 11.6 Å². The number of halogens is 1. The molecule has 19 heavy (non-hydrogen) atoms. The van der Waals surface area contributed by atoms with Gasteiger partial charge in [0.15, 0.2) is 0 Å². The van der Waals surface area contributed by atoms with Crippen molar-refractivity contribution in [2.24, 2.45) is 5.92 Å². The van der Waals surface area contributed by atoms with Gasteiger partial charge in [0.05, 0.1) is 4.90 Å². The summed E-state index contributed by atoms with van der Waals surface area (Å²) in [7, 11) is -1.64. The van der Waals surface area contributed by atoms with Gasteiger partial charge >= 0.3 is 0 Å². The highest BCUT2D eigenvalue weighted by Gasteiger charge is 2.29. The minimum Gasteiger partial charge on any atom is -0.316 e. The molecule has 2 rings (SSSR count). The topological polar surface area (TPSA) is 58.2 Å². The maximum Gasteiger partial charge on any atom is 0.240 e. The van der Waals surface area contributed by atoms with Crippen LogP contribution in [-0.2, 0) is 16.6 Å². The Morgan fingerprint density at radius 3 is 2.63 bits per heavy atom. The monoisotopic (exact) mass is 302 g/mol. The molecular weight excluding hydrogens is 284 g/mol. The van der Waals surface area contributed by atoms with Crippen molar-refractivity contribution < 1.29 is 8.42 Å². The molecule has 0 amide bonds. The van der Waals surface area contributed by atoms with Crippen molar-refractivity contribution in [2.45, 2.75) is 37.2 Å². The second-order valence-electron chi connectivity index (χ2n) is 5.18. The summed E-state index contributed by atoms with van der Waals surface area (Å²) >= 11 is 6.03. The molecule has 1 saturated carbocycles. The molecule has 1 aromatic rings. The summed E-state index contributed by atoms with van der Waals surface area (Å²) in [6.45, 7) is 2.67. The van der Waals surface area contributed by atoms with Crippen LogP contribution in [0.1, 0.15) is 25.3 Å². The van der Waals surface area contributed by atoms with Gasteiger partial charge in [0.25, 0.3) is 0 Å². The van der Waals surface area contributed by atoms with E-state index < -0.39 is 10.0 Å². The van der Waals surface area contributed by atoms with Gasteiger partial charge in [-0.15, -0.1) is 0 Å². The average molecular weight is 303 g/mol. The lowest BCUT2D eigenvalue weighted by Crippen LogP contribution is -2.43. The van der Waals surface area contributed by atoms with Gasteiger partial charge in [0.2, 0.25) is 10.0 Å². The number of hydrogen-bond donors (Lipinski definition) is 2. The molecule has 0 unspecified atom stereocenters. The summed E-state index contributed by atoms with van der Waals surface area (Å²) < 4.78 is 27.2. The quantitative estimate of drug-likeness (QED) is 0.876. The number of sulfonamides is 1. The van der Waals surface area contributed by atoms with Crippen LogP contribution in [-0.4, -0.2) is 21.5 Å². The first-order valence-corrected chi connectivity index (χ1v) is 8.24. The molecule has 6 heteroatoms. The molecule has 0 radical (unpaired) electrons. The molecule has 0 saturated heterocycles. The average Bonchev–Trinajstić information content (AvgIpc) is 2.30. The normalized spacial score (nSPS) is 23.1. The van der Waals surface area contributed by atoms with Crippen molar-refractivity contribution in [1.29, 1.82) is 0 Å². The van der Waals surface area contributed by atoms with E-state index in [-0.39, 0.29) is 10.9 Å².